The van der Waals surface area contributed by atoms with E-state index < -0.39 is 62.7 Å². The maximum atomic E-state index is 14.2. The zero-order chi connectivity index (χ0) is 27.2. The Morgan fingerprint density at radius 2 is 1.79 bits per heavy atom. The molecule has 6 nitrogen and oxygen atoms in total. The van der Waals surface area contributed by atoms with E-state index in [1.165, 1.54) is 7.11 Å². The fourth-order valence-corrected chi connectivity index (χ4v) is 8.71. The predicted molar refractivity (Wildman–Crippen MR) is 126 cm³/mol. The molecule has 6 aliphatic carbocycles. The Kier molecular flexibility index (Phi) is 4.53. The number of ether oxygens (including phenoxy) is 4. The van der Waals surface area contributed by atoms with Gasteiger partial charge in [-0.15, -0.1) is 0 Å². The van der Waals surface area contributed by atoms with Crippen LogP contribution in [0, 0.1) is 52.3 Å². The summed E-state index contributed by atoms with van der Waals surface area (Å²) >= 11 is 5.06. The molecule has 0 radical (unpaired) electrons. The van der Waals surface area contributed by atoms with E-state index in [2.05, 4.69) is 11.0 Å². The fraction of sp³-hybridized carbons (Fsp3) is 0.519. The second-order valence-corrected chi connectivity index (χ2v) is 11.9. The molecule has 2 saturated heterocycles. The molecular weight excluding hydrogens is 545 g/mol. The van der Waals surface area contributed by atoms with Crippen LogP contribution in [0.1, 0.15) is 25.7 Å². The summed E-state index contributed by atoms with van der Waals surface area (Å²) in [5.41, 5.74) is -2.61. The molecule has 2 heterocycles. The smallest absolute Gasteiger partial charge is 0.363 e. The van der Waals surface area contributed by atoms with Crippen LogP contribution in [0.4, 0.5) is 22.0 Å². The molecule has 39 heavy (non-hydrogen) atoms. The summed E-state index contributed by atoms with van der Waals surface area (Å²) < 4.78 is 92.0. The highest BCUT2D eigenvalue weighted by atomic mass is 32.1. The second kappa shape index (κ2) is 7.32. The highest BCUT2D eigenvalue weighted by molar-refractivity contribution is 7.79. The summed E-state index contributed by atoms with van der Waals surface area (Å²) in [6, 6.07) is -0.0818. The number of halogens is 5. The first-order chi connectivity index (χ1) is 18.6. The molecule has 2 aliphatic heterocycles. The van der Waals surface area contributed by atoms with E-state index in [0.29, 0.717) is 23.9 Å². The average molecular weight is 568 g/mol. The molecule has 3 saturated carbocycles. The summed E-state index contributed by atoms with van der Waals surface area (Å²) in [6.45, 7) is 0.816. The van der Waals surface area contributed by atoms with Crippen molar-refractivity contribution in [1.82, 2.24) is 4.90 Å². The summed E-state index contributed by atoms with van der Waals surface area (Å²) in [7, 11) is 1.53. The lowest BCUT2D eigenvalue weighted by atomic mass is 9.28. The van der Waals surface area contributed by atoms with Crippen LogP contribution in [0.3, 0.4) is 0 Å². The summed E-state index contributed by atoms with van der Waals surface area (Å²) in [5.74, 6) is -10.8. The molecule has 1 N–H and O–H groups in total. The second-order valence-electron chi connectivity index (χ2n) is 11.6. The SMILES string of the molecule is COC1=C2O[C@H]3C(OC(=S)Oc4c(F)c(F)c(F)c(F)c4F)=CC45C[C@]36C2C(C=C1)C[C@@H](N4CC1CC1)[C@]56O. The van der Waals surface area contributed by atoms with Gasteiger partial charge in [-0.1, -0.05) is 6.08 Å². The predicted octanol–water partition coefficient (Wildman–Crippen LogP) is 4.38. The summed E-state index contributed by atoms with van der Waals surface area (Å²) in [4.78, 5) is 2.32. The lowest BCUT2D eigenvalue weighted by molar-refractivity contribution is -0.414. The van der Waals surface area contributed by atoms with Crippen molar-refractivity contribution in [2.45, 2.75) is 49.0 Å². The average Bonchev–Trinajstić information content (AvgIpc) is 3.67. The van der Waals surface area contributed by atoms with Crippen LogP contribution in [-0.2, 0) is 14.2 Å². The molecular formula is C27H22F5NO5S. The minimum atomic E-state index is -2.31. The van der Waals surface area contributed by atoms with Gasteiger partial charge in [-0.05, 0) is 49.7 Å². The first-order valence-corrected chi connectivity index (χ1v) is 13.3. The summed E-state index contributed by atoms with van der Waals surface area (Å²) in [5, 5.41) is 11.5. The third kappa shape index (κ3) is 2.53. The number of hydrogen-bond donors (Lipinski definition) is 1. The third-order valence-electron chi connectivity index (χ3n) is 10.1. The lowest BCUT2D eigenvalue weighted by Gasteiger charge is -2.86. The van der Waals surface area contributed by atoms with Gasteiger partial charge in [0.2, 0.25) is 34.8 Å². The van der Waals surface area contributed by atoms with E-state index in [0.717, 1.165) is 25.8 Å². The van der Waals surface area contributed by atoms with E-state index in [1.54, 1.807) is 6.08 Å². The Labute approximate surface area is 224 Å². The lowest BCUT2D eigenvalue weighted by Crippen LogP contribution is -3.00. The van der Waals surface area contributed by atoms with Gasteiger partial charge in [0.15, 0.2) is 11.9 Å². The Balaban J connectivity index is 1.19. The van der Waals surface area contributed by atoms with E-state index in [1.807, 2.05) is 6.08 Å². The molecule has 2 spiro atoms. The van der Waals surface area contributed by atoms with Crippen LogP contribution < -0.4 is 4.74 Å². The first kappa shape index (κ1) is 24.1. The first-order valence-electron chi connectivity index (χ1n) is 12.8. The van der Waals surface area contributed by atoms with E-state index in [-0.39, 0.29) is 23.6 Å². The minimum absolute atomic E-state index is 0.0818. The van der Waals surface area contributed by atoms with Crippen LogP contribution in [-0.4, -0.2) is 52.2 Å². The molecule has 0 amide bonds. The maximum absolute atomic E-state index is 14.2. The number of nitrogens with zero attached hydrogens (tertiary/aromatic N) is 1. The number of thiocarbonyl (C=S) groups is 1. The Morgan fingerprint density at radius 1 is 1.10 bits per heavy atom. The van der Waals surface area contributed by atoms with Gasteiger partial charge < -0.3 is 24.1 Å². The third-order valence-corrected chi connectivity index (χ3v) is 10.2. The molecule has 1 aromatic rings. The monoisotopic (exact) mass is 567 g/mol. The van der Waals surface area contributed by atoms with Crippen molar-refractivity contribution in [2.24, 2.45) is 23.2 Å². The van der Waals surface area contributed by atoms with Crippen LogP contribution in [0.2, 0.25) is 0 Å². The largest absolute Gasteiger partial charge is 0.493 e. The molecule has 12 heteroatoms. The van der Waals surface area contributed by atoms with Gasteiger partial charge in [0.05, 0.1) is 18.1 Å². The molecule has 3 unspecified atom stereocenters. The summed E-state index contributed by atoms with van der Waals surface area (Å²) in [6.07, 6.45) is 8.50. The highest BCUT2D eigenvalue weighted by Crippen LogP contribution is 2.84. The quantitative estimate of drug-likeness (QED) is 0.245. The Morgan fingerprint density at radius 3 is 2.46 bits per heavy atom. The Hall–Kier alpha value is -2.70. The molecule has 8 aliphatic rings. The zero-order valence-electron chi connectivity index (χ0n) is 20.5. The topological polar surface area (TPSA) is 60.4 Å². The molecule has 0 aromatic heterocycles. The van der Waals surface area contributed by atoms with Crippen LogP contribution in [0.25, 0.3) is 0 Å². The van der Waals surface area contributed by atoms with Crippen molar-refractivity contribution < 1.29 is 46.0 Å². The van der Waals surface area contributed by atoms with Crippen LogP contribution >= 0.6 is 12.2 Å². The van der Waals surface area contributed by atoms with Crippen molar-refractivity contribution in [3.8, 4) is 5.75 Å². The normalized spacial score (nSPS) is 40.2. The number of methoxy groups -OCH3 is 1. The van der Waals surface area contributed by atoms with Gasteiger partial charge in [-0.2, -0.15) is 8.78 Å². The van der Waals surface area contributed by atoms with Crippen LogP contribution in [0.5, 0.6) is 5.75 Å². The van der Waals surface area contributed by atoms with Crippen molar-refractivity contribution in [3.63, 3.8) is 0 Å². The zero-order valence-corrected chi connectivity index (χ0v) is 21.3. The number of benzene rings is 1. The number of rotatable bonds is 5. The standard InChI is InChI=1S/C27H22F5NO5S/c1-35-12-5-4-11-6-14-27(34)25(33(14)8-10-2-3-10)7-13(23-26(27,9-25)15(11)21(12)37-23)36-24(39)38-22-19(31)17(29)16(28)18(30)20(22)32/h4-5,7,10-11,14-15,23,34H,2-3,6,8-9H2,1H3/t11?,14-,15?,23+,25?,26+,27+/m1/s1. The van der Waals surface area contributed by atoms with Gasteiger partial charge in [0.25, 0.3) is 0 Å². The number of aliphatic hydroxyl groups is 1. The Bertz CT molecular complexity index is 1450. The number of allylic oxidation sites excluding steroid dienone is 3. The number of likely N-dealkylation sites (tertiary alicyclic amines) is 1. The molecule has 206 valence electrons. The fourth-order valence-electron chi connectivity index (χ4n) is 8.53. The van der Waals surface area contributed by atoms with E-state index in [4.69, 9.17) is 31.2 Å². The highest BCUT2D eigenvalue weighted by Gasteiger charge is 2.95. The van der Waals surface area contributed by atoms with Gasteiger partial charge in [0, 0.05) is 30.7 Å². The molecule has 1 aromatic carbocycles. The molecule has 5 fully saturated rings. The molecule has 7 atom stereocenters. The number of hydrogen-bond acceptors (Lipinski definition) is 7. The van der Waals surface area contributed by atoms with Crippen molar-refractivity contribution in [1.29, 1.82) is 0 Å². The molecule has 2 bridgehead atoms. The van der Waals surface area contributed by atoms with Gasteiger partial charge in [-0.3, -0.25) is 4.90 Å². The molecule has 9 rings (SSSR count). The van der Waals surface area contributed by atoms with Gasteiger partial charge in [-0.25, -0.2) is 13.2 Å². The maximum Gasteiger partial charge on any atom is 0.363 e. The van der Waals surface area contributed by atoms with Gasteiger partial charge >= 0.3 is 5.24 Å². The number of piperidine rings is 1. The van der Waals surface area contributed by atoms with Crippen molar-refractivity contribution >= 4 is 17.5 Å². The van der Waals surface area contributed by atoms with Crippen molar-refractivity contribution in [3.05, 3.63) is 64.6 Å². The van der Waals surface area contributed by atoms with Crippen molar-refractivity contribution in [2.75, 3.05) is 13.7 Å². The van der Waals surface area contributed by atoms with Crippen LogP contribution in [0.15, 0.2) is 35.5 Å². The van der Waals surface area contributed by atoms with E-state index in [9.17, 15) is 27.1 Å². The van der Waals surface area contributed by atoms with E-state index >= 15 is 0 Å². The minimum Gasteiger partial charge on any atom is -0.493 e. The van der Waals surface area contributed by atoms with Gasteiger partial charge in [0.1, 0.15) is 17.1 Å².